The summed E-state index contributed by atoms with van der Waals surface area (Å²) in [6, 6.07) is 6.42. The average Bonchev–Trinajstić information content (AvgIpc) is 2.15. The summed E-state index contributed by atoms with van der Waals surface area (Å²) in [6.45, 7) is 7.51. The van der Waals surface area contributed by atoms with Crippen molar-refractivity contribution in [2.75, 3.05) is 0 Å². The Balaban J connectivity index is 2.58. The van der Waals surface area contributed by atoms with E-state index in [-0.39, 0.29) is 0 Å². The van der Waals surface area contributed by atoms with Gasteiger partial charge in [-0.25, -0.2) is 0 Å². The van der Waals surface area contributed by atoms with Crippen molar-refractivity contribution in [1.29, 1.82) is 0 Å². The van der Waals surface area contributed by atoms with Crippen LogP contribution in [0.1, 0.15) is 26.3 Å². The molecule has 1 aromatic carbocycles. The van der Waals surface area contributed by atoms with E-state index in [0.29, 0.717) is 12.0 Å². The molecule has 0 amide bonds. The number of hydrogen-bond acceptors (Lipinski definition) is 1. The Kier molecular flexibility index (Phi) is 5.10. The number of nitrogens with one attached hydrogen (secondary N) is 1. The van der Waals surface area contributed by atoms with Gasteiger partial charge in [0.1, 0.15) is 0 Å². The van der Waals surface area contributed by atoms with Gasteiger partial charge in [0.05, 0.1) is 0 Å². The van der Waals surface area contributed by atoms with Crippen molar-refractivity contribution in [2.24, 2.45) is 5.92 Å². The van der Waals surface area contributed by atoms with Gasteiger partial charge in [-0.3, -0.25) is 0 Å². The highest BCUT2D eigenvalue weighted by Crippen LogP contribution is 2.21. The molecule has 0 aliphatic rings. The van der Waals surface area contributed by atoms with Gasteiger partial charge < -0.3 is 5.32 Å². The van der Waals surface area contributed by atoms with Gasteiger partial charge in [-0.05, 0) is 30.5 Å². The summed E-state index contributed by atoms with van der Waals surface area (Å²) in [4.78, 5) is 0. The van der Waals surface area contributed by atoms with E-state index in [1.807, 2.05) is 18.2 Å². The molecule has 1 nitrogen and oxygen atoms in total. The Morgan fingerprint density at radius 2 is 2.00 bits per heavy atom. The van der Waals surface area contributed by atoms with E-state index >= 15 is 0 Å². The van der Waals surface area contributed by atoms with Gasteiger partial charge >= 0.3 is 0 Å². The Morgan fingerprint density at radius 1 is 1.33 bits per heavy atom. The molecule has 1 aromatic rings. The maximum atomic E-state index is 5.88. The molecule has 0 aliphatic carbocycles. The van der Waals surface area contributed by atoms with Crippen molar-refractivity contribution in [2.45, 2.75) is 33.4 Å². The van der Waals surface area contributed by atoms with Crippen LogP contribution in [0.15, 0.2) is 22.7 Å². The minimum atomic E-state index is 0.521. The van der Waals surface area contributed by atoms with E-state index in [1.54, 1.807) is 0 Å². The summed E-state index contributed by atoms with van der Waals surface area (Å²) >= 11 is 9.39. The fourth-order valence-corrected chi connectivity index (χ4v) is 1.99. The van der Waals surface area contributed by atoms with E-state index in [1.165, 1.54) is 5.56 Å². The topological polar surface area (TPSA) is 12.0 Å². The van der Waals surface area contributed by atoms with E-state index in [4.69, 9.17) is 11.6 Å². The molecule has 0 bridgehead atoms. The standard InChI is InChI=1S/C12H17BrClN/c1-8(2)9(3)15-7-10-4-5-11(14)6-12(10)13/h4-6,8-9,15H,7H2,1-3H3. The van der Waals surface area contributed by atoms with Crippen LogP contribution in [-0.2, 0) is 6.54 Å². The summed E-state index contributed by atoms with van der Waals surface area (Å²) in [5.74, 6) is 0.649. The van der Waals surface area contributed by atoms with Crippen molar-refractivity contribution in [3.63, 3.8) is 0 Å². The monoisotopic (exact) mass is 289 g/mol. The maximum absolute atomic E-state index is 5.88. The van der Waals surface area contributed by atoms with E-state index in [9.17, 15) is 0 Å². The van der Waals surface area contributed by atoms with E-state index in [0.717, 1.165) is 16.0 Å². The minimum Gasteiger partial charge on any atom is -0.310 e. The van der Waals surface area contributed by atoms with Gasteiger partial charge in [0, 0.05) is 22.1 Å². The summed E-state index contributed by atoms with van der Waals surface area (Å²) in [6.07, 6.45) is 0. The smallest absolute Gasteiger partial charge is 0.0417 e. The maximum Gasteiger partial charge on any atom is 0.0417 e. The molecule has 0 heterocycles. The zero-order valence-electron chi connectivity index (χ0n) is 9.35. The molecular formula is C12H17BrClN. The Hall–Kier alpha value is -0.0500. The normalized spacial score (nSPS) is 13.2. The molecule has 0 aromatic heterocycles. The fourth-order valence-electron chi connectivity index (χ4n) is 1.17. The third-order valence-electron chi connectivity index (χ3n) is 2.63. The third kappa shape index (κ3) is 4.13. The van der Waals surface area contributed by atoms with Crippen molar-refractivity contribution < 1.29 is 0 Å². The van der Waals surface area contributed by atoms with Crippen LogP contribution in [0.25, 0.3) is 0 Å². The highest BCUT2D eigenvalue weighted by atomic mass is 79.9. The number of halogens is 2. The number of benzene rings is 1. The largest absolute Gasteiger partial charge is 0.310 e. The van der Waals surface area contributed by atoms with Gasteiger partial charge in [0.25, 0.3) is 0 Å². The second kappa shape index (κ2) is 5.88. The molecule has 0 radical (unpaired) electrons. The predicted octanol–water partition coefficient (Wildman–Crippen LogP) is 4.24. The quantitative estimate of drug-likeness (QED) is 0.875. The van der Waals surface area contributed by atoms with E-state index in [2.05, 4.69) is 42.0 Å². The van der Waals surface area contributed by atoms with Crippen LogP contribution in [-0.4, -0.2) is 6.04 Å². The second-order valence-corrected chi connectivity index (χ2v) is 5.44. The second-order valence-electron chi connectivity index (χ2n) is 4.15. The highest BCUT2D eigenvalue weighted by Gasteiger charge is 2.07. The first-order valence-electron chi connectivity index (χ1n) is 5.18. The molecule has 1 rings (SSSR count). The molecule has 1 atom stereocenters. The molecule has 0 aliphatic heterocycles. The van der Waals surface area contributed by atoms with Crippen molar-refractivity contribution >= 4 is 27.5 Å². The van der Waals surface area contributed by atoms with Crippen LogP contribution in [0.2, 0.25) is 5.02 Å². The summed E-state index contributed by atoms with van der Waals surface area (Å²) in [5, 5.41) is 4.25. The van der Waals surface area contributed by atoms with E-state index < -0.39 is 0 Å². The van der Waals surface area contributed by atoms with Gasteiger partial charge in [0.15, 0.2) is 0 Å². The lowest BCUT2D eigenvalue weighted by molar-refractivity contribution is 0.426. The first-order chi connectivity index (χ1) is 7.00. The summed E-state index contributed by atoms with van der Waals surface area (Å²) < 4.78 is 1.07. The van der Waals surface area contributed by atoms with Gasteiger partial charge in [-0.15, -0.1) is 0 Å². The van der Waals surface area contributed by atoms with Crippen LogP contribution < -0.4 is 5.32 Å². The molecule has 0 fully saturated rings. The SMILES string of the molecule is CC(C)C(C)NCc1ccc(Cl)cc1Br. The lowest BCUT2D eigenvalue weighted by Gasteiger charge is -2.17. The molecule has 3 heteroatoms. The van der Waals surface area contributed by atoms with Gasteiger partial charge in [-0.1, -0.05) is 47.4 Å². The molecular weight excluding hydrogens is 273 g/mol. The van der Waals surface area contributed by atoms with Crippen LogP contribution >= 0.6 is 27.5 Å². The minimum absolute atomic E-state index is 0.521. The molecule has 15 heavy (non-hydrogen) atoms. The van der Waals surface area contributed by atoms with Gasteiger partial charge in [-0.2, -0.15) is 0 Å². The molecule has 0 saturated carbocycles. The summed E-state index contributed by atoms with van der Waals surface area (Å²) in [5.41, 5.74) is 1.24. The fraction of sp³-hybridized carbons (Fsp3) is 0.500. The highest BCUT2D eigenvalue weighted by molar-refractivity contribution is 9.10. The van der Waals surface area contributed by atoms with Crippen LogP contribution in [0, 0.1) is 5.92 Å². The lowest BCUT2D eigenvalue weighted by atomic mass is 10.1. The first-order valence-corrected chi connectivity index (χ1v) is 6.35. The van der Waals surface area contributed by atoms with Crippen LogP contribution in [0.5, 0.6) is 0 Å². The van der Waals surface area contributed by atoms with Crippen molar-refractivity contribution in [3.05, 3.63) is 33.3 Å². The average molecular weight is 291 g/mol. The third-order valence-corrected chi connectivity index (χ3v) is 3.60. The zero-order chi connectivity index (χ0) is 11.4. The zero-order valence-corrected chi connectivity index (χ0v) is 11.7. The summed E-state index contributed by atoms with van der Waals surface area (Å²) in [7, 11) is 0. The van der Waals surface area contributed by atoms with Gasteiger partial charge in [0.2, 0.25) is 0 Å². The molecule has 84 valence electrons. The van der Waals surface area contributed by atoms with Crippen molar-refractivity contribution in [1.82, 2.24) is 5.32 Å². The first kappa shape index (κ1) is 13.0. The molecule has 1 N–H and O–H groups in total. The van der Waals surface area contributed by atoms with Crippen molar-refractivity contribution in [3.8, 4) is 0 Å². The number of rotatable bonds is 4. The number of hydrogen-bond donors (Lipinski definition) is 1. The Morgan fingerprint density at radius 3 is 2.53 bits per heavy atom. The Bertz CT molecular complexity index is 325. The Labute approximate surface area is 105 Å². The molecule has 0 saturated heterocycles. The predicted molar refractivity (Wildman–Crippen MR) is 70.3 cm³/mol. The molecule has 0 spiro atoms. The van der Waals surface area contributed by atoms with Crippen LogP contribution in [0.3, 0.4) is 0 Å². The van der Waals surface area contributed by atoms with Crippen LogP contribution in [0.4, 0.5) is 0 Å². The lowest BCUT2D eigenvalue weighted by Crippen LogP contribution is -2.30. The molecule has 1 unspecified atom stereocenters.